The van der Waals surface area contributed by atoms with E-state index in [9.17, 15) is 9.90 Å². The smallest absolute Gasteiger partial charge is 0.336 e. The van der Waals surface area contributed by atoms with Crippen molar-refractivity contribution in [2.24, 2.45) is 0 Å². The molecule has 0 bridgehead atoms. The summed E-state index contributed by atoms with van der Waals surface area (Å²) in [5.41, 5.74) is 6.07. The van der Waals surface area contributed by atoms with Crippen molar-refractivity contribution < 1.29 is 14.6 Å². The molecule has 0 spiro atoms. The van der Waals surface area contributed by atoms with Gasteiger partial charge in [-0.15, -0.1) is 0 Å². The summed E-state index contributed by atoms with van der Waals surface area (Å²) in [6.45, 7) is 10.2. The summed E-state index contributed by atoms with van der Waals surface area (Å²) in [5.74, 6) is 0.502. The monoisotopic (exact) mass is 356 g/mol. The molecule has 0 unspecified atom stereocenters. The molecule has 1 N–H and O–H groups in total. The van der Waals surface area contributed by atoms with Crippen LogP contribution >= 0.6 is 0 Å². The van der Waals surface area contributed by atoms with Crippen LogP contribution in [0.25, 0.3) is 12.2 Å². The Morgan fingerprint density at radius 3 is 2.33 bits per heavy atom. The standard InChI is InChI=1S/C24H20O3/c1-13-9-19-21(11-15(13)3)27-22-12-16(4)14(2)10-20(22)23(19)17-7-5-6-8-18(17)24(25)26/h5-12H,3H2,1-2,4H3,(H,25,26). The van der Waals surface area contributed by atoms with Crippen molar-refractivity contribution in [2.45, 2.75) is 20.8 Å². The van der Waals surface area contributed by atoms with Gasteiger partial charge in [-0.3, -0.25) is 0 Å². The topological polar surface area (TPSA) is 46.5 Å². The molecular formula is C24H20O3. The molecule has 27 heavy (non-hydrogen) atoms. The van der Waals surface area contributed by atoms with Crippen molar-refractivity contribution in [1.82, 2.24) is 0 Å². The van der Waals surface area contributed by atoms with Gasteiger partial charge in [-0.05, 0) is 78.6 Å². The lowest BCUT2D eigenvalue weighted by Crippen LogP contribution is -2.22. The lowest BCUT2D eigenvalue weighted by atomic mass is 9.88. The number of hydrogen-bond acceptors (Lipinski definition) is 2. The number of ether oxygens (including phenoxy) is 1. The summed E-state index contributed by atoms with van der Waals surface area (Å²) in [6.07, 6.45) is 0. The van der Waals surface area contributed by atoms with Gasteiger partial charge in [0.2, 0.25) is 0 Å². The number of carboxylic acid groups (broad SMARTS) is 1. The minimum absolute atomic E-state index is 0.279. The second kappa shape index (κ2) is 6.13. The van der Waals surface area contributed by atoms with Crippen LogP contribution < -0.4 is 15.2 Å². The van der Waals surface area contributed by atoms with Gasteiger partial charge in [0.15, 0.2) is 0 Å². The van der Waals surface area contributed by atoms with Crippen molar-refractivity contribution in [1.29, 1.82) is 0 Å². The molecule has 0 radical (unpaired) electrons. The normalized spacial score (nSPS) is 12.2. The Bertz CT molecular complexity index is 1220. The Morgan fingerprint density at radius 2 is 1.59 bits per heavy atom. The number of fused-ring (bicyclic) bond motifs is 2. The second-order valence-electron chi connectivity index (χ2n) is 7.04. The van der Waals surface area contributed by atoms with Crippen molar-refractivity contribution in [2.75, 3.05) is 0 Å². The third kappa shape index (κ3) is 2.72. The van der Waals surface area contributed by atoms with Gasteiger partial charge in [0, 0.05) is 16.4 Å². The van der Waals surface area contributed by atoms with Gasteiger partial charge in [-0.2, -0.15) is 0 Å². The number of aromatic carboxylic acids is 1. The molecule has 1 heterocycles. The van der Waals surface area contributed by atoms with E-state index < -0.39 is 5.97 Å². The molecule has 3 heteroatoms. The third-order valence-electron chi connectivity index (χ3n) is 5.22. The van der Waals surface area contributed by atoms with Gasteiger partial charge in [0.1, 0.15) is 11.5 Å². The summed E-state index contributed by atoms with van der Waals surface area (Å²) >= 11 is 0. The molecule has 1 aliphatic heterocycles. The van der Waals surface area contributed by atoms with E-state index in [1.165, 1.54) is 0 Å². The van der Waals surface area contributed by atoms with Gasteiger partial charge in [0.25, 0.3) is 0 Å². The largest absolute Gasteiger partial charge is 0.478 e. The molecule has 4 rings (SSSR count). The highest BCUT2D eigenvalue weighted by Crippen LogP contribution is 2.38. The summed E-state index contributed by atoms with van der Waals surface area (Å²) < 4.78 is 6.19. The van der Waals surface area contributed by atoms with Gasteiger partial charge >= 0.3 is 5.97 Å². The van der Waals surface area contributed by atoms with Crippen LogP contribution in [0, 0.1) is 20.8 Å². The molecule has 1 aliphatic rings. The molecule has 0 amide bonds. The molecule has 3 aromatic rings. The van der Waals surface area contributed by atoms with Crippen molar-refractivity contribution in [3.8, 4) is 11.5 Å². The SMILES string of the molecule is C=c1cc2c(cc1C)=C(c1ccccc1C(=O)O)c1cc(C)c(C)cc1O2. The number of rotatable bonds is 2. The molecule has 0 saturated heterocycles. The molecule has 0 saturated carbocycles. The maximum atomic E-state index is 11.9. The quantitative estimate of drug-likeness (QED) is 0.589. The van der Waals surface area contributed by atoms with Crippen molar-refractivity contribution in [3.05, 3.63) is 92.3 Å². The van der Waals surface area contributed by atoms with E-state index in [-0.39, 0.29) is 5.56 Å². The van der Waals surface area contributed by atoms with Crippen LogP contribution in [0.3, 0.4) is 0 Å². The van der Waals surface area contributed by atoms with E-state index in [1.54, 1.807) is 12.1 Å². The van der Waals surface area contributed by atoms with Crippen molar-refractivity contribution >= 4 is 18.1 Å². The van der Waals surface area contributed by atoms with E-state index in [2.05, 4.69) is 19.6 Å². The Kier molecular flexibility index (Phi) is 3.88. The summed E-state index contributed by atoms with van der Waals surface area (Å²) in [4.78, 5) is 11.9. The summed E-state index contributed by atoms with van der Waals surface area (Å²) in [6, 6.07) is 15.2. The first-order valence-electron chi connectivity index (χ1n) is 8.83. The Morgan fingerprint density at radius 1 is 0.889 bits per heavy atom. The first-order chi connectivity index (χ1) is 12.9. The fraction of sp³-hybridized carbons (Fsp3) is 0.125. The van der Waals surface area contributed by atoms with Crippen LogP contribution in [0.4, 0.5) is 0 Å². The van der Waals surface area contributed by atoms with Crippen molar-refractivity contribution in [3.63, 3.8) is 0 Å². The maximum Gasteiger partial charge on any atom is 0.336 e. The first kappa shape index (κ1) is 17.1. The molecule has 134 valence electrons. The van der Waals surface area contributed by atoms with E-state index in [0.717, 1.165) is 44.0 Å². The van der Waals surface area contributed by atoms with E-state index >= 15 is 0 Å². The molecule has 0 atom stereocenters. The van der Waals surface area contributed by atoms with Gasteiger partial charge < -0.3 is 9.84 Å². The summed E-state index contributed by atoms with van der Waals surface area (Å²) in [7, 11) is 0. The van der Waals surface area contributed by atoms with Gasteiger partial charge in [0.05, 0.1) is 5.56 Å². The maximum absolute atomic E-state index is 11.9. The van der Waals surface area contributed by atoms with Gasteiger partial charge in [-0.25, -0.2) is 4.79 Å². The molecule has 0 aromatic heterocycles. The lowest BCUT2D eigenvalue weighted by Gasteiger charge is -2.23. The van der Waals surface area contributed by atoms with Crippen LogP contribution in [0.5, 0.6) is 11.5 Å². The number of hydrogen-bond donors (Lipinski definition) is 1. The third-order valence-corrected chi connectivity index (χ3v) is 5.22. The predicted molar refractivity (Wildman–Crippen MR) is 107 cm³/mol. The molecule has 3 aromatic carbocycles. The molecular weight excluding hydrogens is 336 g/mol. The number of benzene rings is 3. The molecule has 0 aliphatic carbocycles. The molecule has 3 nitrogen and oxygen atoms in total. The Hall–Kier alpha value is -3.33. The fourth-order valence-corrected chi connectivity index (χ4v) is 3.52. The fourth-order valence-electron chi connectivity index (χ4n) is 3.52. The average molecular weight is 356 g/mol. The summed E-state index contributed by atoms with van der Waals surface area (Å²) in [5, 5.41) is 11.5. The Balaban J connectivity index is 2.21. The van der Waals surface area contributed by atoms with Crippen LogP contribution in [0.15, 0.2) is 48.5 Å². The first-order valence-corrected chi connectivity index (χ1v) is 8.83. The average Bonchev–Trinajstić information content (AvgIpc) is 2.63. The molecule has 0 fully saturated rings. The zero-order valence-electron chi connectivity index (χ0n) is 15.6. The number of aryl methyl sites for hydroxylation is 3. The van der Waals surface area contributed by atoms with Gasteiger partial charge in [-0.1, -0.05) is 24.8 Å². The lowest BCUT2D eigenvalue weighted by molar-refractivity contribution is 0.0696. The second-order valence-corrected chi connectivity index (χ2v) is 7.04. The minimum Gasteiger partial charge on any atom is -0.478 e. The van der Waals surface area contributed by atoms with E-state index in [0.29, 0.717) is 11.3 Å². The highest BCUT2D eigenvalue weighted by atomic mass is 16.5. The van der Waals surface area contributed by atoms with Crippen LogP contribution in [-0.2, 0) is 0 Å². The number of carboxylic acids is 1. The van der Waals surface area contributed by atoms with Crippen LogP contribution in [0.2, 0.25) is 0 Å². The van der Waals surface area contributed by atoms with Crippen LogP contribution in [0.1, 0.15) is 38.2 Å². The van der Waals surface area contributed by atoms with Crippen LogP contribution in [-0.4, -0.2) is 11.1 Å². The minimum atomic E-state index is -0.943. The predicted octanol–water partition coefficient (Wildman–Crippen LogP) is 4.07. The van der Waals surface area contributed by atoms with E-state index in [1.807, 2.05) is 44.2 Å². The zero-order chi connectivity index (χ0) is 19.3. The highest BCUT2D eigenvalue weighted by Gasteiger charge is 2.24. The number of carbonyl (C=O) groups is 1. The zero-order valence-corrected chi connectivity index (χ0v) is 15.6. The highest BCUT2D eigenvalue weighted by molar-refractivity contribution is 5.98. The van der Waals surface area contributed by atoms with E-state index in [4.69, 9.17) is 4.74 Å². The Labute approximate surface area is 157 Å².